The lowest BCUT2D eigenvalue weighted by molar-refractivity contribution is 0.102. The van der Waals surface area contributed by atoms with Crippen LogP contribution in [0.1, 0.15) is 16.2 Å². The smallest absolute Gasteiger partial charge is 0.258 e. The van der Waals surface area contributed by atoms with Gasteiger partial charge in [-0.2, -0.15) is 5.10 Å². The molecule has 0 aliphatic carbocycles. The van der Waals surface area contributed by atoms with Gasteiger partial charge in [0.25, 0.3) is 5.91 Å². The number of aryl methyl sites for hydroxylation is 1. The number of oxazole rings is 1. The molecule has 0 aliphatic rings. The van der Waals surface area contributed by atoms with Crippen molar-refractivity contribution < 1.29 is 9.21 Å². The van der Waals surface area contributed by atoms with E-state index in [1.54, 1.807) is 25.1 Å². The number of hydrogen-bond donors (Lipinski definition) is 2. The molecule has 3 aromatic rings. The Labute approximate surface area is 102 Å². The summed E-state index contributed by atoms with van der Waals surface area (Å²) in [6.07, 6.45) is 3.00. The van der Waals surface area contributed by atoms with Crippen molar-refractivity contribution in [3.8, 4) is 0 Å². The number of hydrogen-bond acceptors (Lipinski definition) is 4. The Morgan fingerprint density at radius 2 is 2.33 bits per heavy atom. The van der Waals surface area contributed by atoms with Gasteiger partial charge in [0.15, 0.2) is 11.5 Å². The topological polar surface area (TPSA) is 83.8 Å². The number of aromatic amines is 1. The fraction of sp³-hybridized carbons (Fsp3) is 0.0833. The summed E-state index contributed by atoms with van der Waals surface area (Å²) >= 11 is 0. The van der Waals surface area contributed by atoms with E-state index in [1.165, 1.54) is 12.4 Å². The largest absolute Gasteiger partial charge is 0.441 e. The Hall–Kier alpha value is -2.63. The molecule has 0 bridgehead atoms. The Bertz CT molecular complexity index is 700. The Morgan fingerprint density at radius 3 is 3.11 bits per heavy atom. The summed E-state index contributed by atoms with van der Waals surface area (Å²) in [7, 11) is 0. The van der Waals surface area contributed by atoms with Gasteiger partial charge in [-0.05, 0) is 18.2 Å². The highest BCUT2D eigenvalue weighted by Gasteiger charge is 2.08. The highest BCUT2D eigenvalue weighted by atomic mass is 16.3. The van der Waals surface area contributed by atoms with Crippen LogP contribution < -0.4 is 5.32 Å². The zero-order chi connectivity index (χ0) is 12.5. The summed E-state index contributed by atoms with van der Waals surface area (Å²) in [5.41, 5.74) is 2.57. The van der Waals surface area contributed by atoms with Crippen LogP contribution in [0.5, 0.6) is 0 Å². The predicted molar refractivity (Wildman–Crippen MR) is 65.3 cm³/mol. The number of carbonyl (C=O) groups excluding carboxylic acids is 1. The summed E-state index contributed by atoms with van der Waals surface area (Å²) in [6.45, 7) is 1.78. The van der Waals surface area contributed by atoms with Gasteiger partial charge >= 0.3 is 0 Å². The van der Waals surface area contributed by atoms with Crippen molar-refractivity contribution in [2.24, 2.45) is 0 Å². The van der Waals surface area contributed by atoms with E-state index < -0.39 is 0 Å². The fourth-order valence-electron chi connectivity index (χ4n) is 1.70. The molecule has 6 heteroatoms. The van der Waals surface area contributed by atoms with Gasteiger partial charge in [0.2, 0.25) is 0 Å². The SMILES string of the molecule is Cc1nc2cc(NC(=O)c3cn[nH]c3)ccc2o1. The molecule has 2 aromatic heterocycles. The quantitative estimate of drug-likeness (QED) is 0.720. The second kappa shape index (κ2) is 3.99. The highest BCUT2D eigenvalue weighted by Crippen LogP contribution is 2.20. The standard InChI is InChI=1S/C12H10N4O2/c1-7-15-10-4-9(2-3-11(10)18-7)16-12(17)8-5-13-14-6-8/h2-6H,1H3,(H,13,14)(H,16,17). The molecule has 0 saturated heterocycles. The lowest BCUT2D eigenvalue weighted by Crippen LogP contribution is -2.10. The van der Waals surface area contributed by atoms with Crippen molar-refractivity contribution in [3.05, 3.63) is 42.0 Å². The number of H-pyrrole nitrogens is 1. The zero-order valence-electron chi connectivity index (χ0n) is 9.60. The van der Waals surface area contributed by atoms with Crippen molar-refractivity contribution in [1.29, 1.82) is 0 Å². The van der Waals surface area contributed by atoms with Crippen molar-refractivity contribution in [1.82, 2.24) is 15.2 Å². The normalized spacial score (nSPS) is 10.7. The van der Waals surface area contributed by atoms with Crippen molar-refractivity contribution in [2.75, 3.05) is 5.32 Å². The van der Waals surface area contributed by atoms with E-state index in [-0.39, 0.29) is 5.91 Å². The molecule has 3 rings (SSSR count). The van der Waals surface area contributed by atoms with Crippen LogP contribution >= 0.6 is 0 Å². The van der Waals surface area contributed by atoms with Gasteiger partial charge in [-0.1, -0.05) is 0 Å². The molecule has 0 saturated carbocycles. The van der Waals surface area contributed by atoms with Gasteiger partial charge in [0.1, 0.15) is 5.52 Å². The van der Waals surface area contributed by atoms with Gasteiger partial charge in [-0.25, -0.2) is 4.98 Å². The Kier molecular flexibility index (Phi) is 2.33. The van der Waals surface area contributed by atoms with Gasteiger partial charge in [0.05, 0.1) is 11.8 Å². The molecule has 0 fully saturated rings. The molecule has 0 atom stereocenters. The zero-order valence-corrected chi connectivity index (χ0v) is 9.60. The predicted octanol–water partition coefficient (Wildman–Crippen LogP) is 2.11. The molecular formula is C12H10N4O2. The molecule has 0 radical (unpaired) electrons. The first-order valence-electron chi connectivity index (χ1n) is 5.40. The molecule has 90 valence electrons. The third-order valence-corrected chi connectivity index (χ3v) is 2.51. The monoisotopic (exact) mass is 242 g/mol. The van der Waals surface area contributed by atoms with E-state index in [4.69, 9.17) is 4.42 Å². The second-order valence-electron chi connectivity index (χ2n) is 3.86. The molecule has 6 nitrogen and oxygen atoms in total. The first kappa shape index (κ1) is 10.5. The summed E-state index contributed by atoms with van der Waals surface area (Å²) < 4.78 is 5.36. The van der Waals surface area contributed by atoms with E-state index in [2.05, 4.69) is 20.5 Å². The van der Waals surface area contributed by atoms with E-state index in [9.17, 15) is 4.79 Å². The van der Waals surface area contributed by atoms with Crippen LogP contribution in [0.4, 0.5) is 5.69 Å². The molecular weight excluding hydrogens is 232 g/mol. The lowest BCUT2D eigenvalue weighted by Gasteiger charge is -2.02. The van der Waals surface area contributed by atoms with E-state index in [0.29, 0.717) is 22.7 Å². The van der Waals surface area contributed by atoms with E-state index in [1.807, 2.05) is 0 Å². The van der Waals surface area contributed by atoms with E-state index in [0.717, 1.165) is 5.52 Å². The third-order valence-electron chi connectivity index (χ3n) is 2.51. The molecule has 0 spiro atoms. The molecule has 18 heavy (non-hydrogen) atoms. The molecule has 0 aliphatic heterocycles. The maximum atomic E-state index is 11.8. The number of carbonyl (C=O) groups is 1. The summed E-state index contributed by atoms with van der Waals surface area (Å²) in [4.78, 5) is 16.0. The maximum absolute atomic E-state index is 11.8. The van der Waals surface area contributed by atoms with Crippen molar-refractivity contribution >= 4 is 22.7 Å². The number of rotatable bonds is 2. The van der Waals surface area contributed by atoms with Crippen LogP contribution in [0, 0.1) is 6.92 Å². The van der Waals surface area contributed by atoms with Crippen LogP contribution in [0.25, 0.3) is 11.1 Å². The lowest BCUT2D eigenvalue weighted by atomic mass is 10.2. The second-order valence-corrected chi connectivity index (χ2v) is 3.86. The molecule has 2 heterocycles. The molecule has 0 unspecified atom stereocenters. The minimum atomic E-state index is -0.219. The molecule has 1 amide bonds. The Balaban J connectivity index is 1.88. The number of aromatic nitrogens is 3. The number of fused-ring (bicyclic) bond motifs is 1. The first-order chi connectivity index (χ1) is 8.72. The van der Waals surface area contributed by atoms with Gasteiger partial charge < -0.3 is 9.73 Å². The Morgan fingerprint density at radius 1 is 1.44 bits per heavy atom. The number of nitrogens with zero attached hydrogens (tertiary/aromatic N) is 2. The van der Waals surface area contributed by atoms with Crippen LogP contribution in [0.3, 0.4) is 0 Å². The van der Waals surface area contributed by atoms with Crippen molar-refractivity contribution in [3.63, 3.8) is 0 Å². The highest BCUT2D eigenvalue weighted by molar-refractivity contribution is 6.04. The third kappa shape index (κ3) is 1.84. The average Bonchev–Trinajstić information content (AvgIpc) is 2.95. The summed E-state index contributed by atoms with van der Waals surface area (Å²) in [6, 6.07) is 5.31. The van der Waals surface area contributed by atoms with Gasteiger partial charge in [-0.15, -0.1) is 0 Å². The van der Waals surface area contributed by atoms with Crippen LogP contribution in [0.15, 0.2) is 35.0 Å². The van der Waals surface area contributed by atoms with Crippen molar-refractivity contribution in [2.45, 2.75) is 6.92 Å². The minimum absolute atomic E-state index is 0.219. The first-order valence-corrected chi connectivity index (χ1v) is 5.40. The van der Waals surface area contributed by atoms with Gasteiger partial charge in [0, 0.05) is 18.8 Å². The fourth-order valence-corrected chi connectivity index (χ4v) is 1.70. The minimum Gasteiger partial charge on any atom is -0.441 e. The van der Waals surface area contributed by atoms with Crippen LogP contribution in [0.2, 0.25) is 0 Å². The molecule has 1 aromatic carbocycles. The average molecular weight is 242 g/mol. The van der Waals surface area contributed by atoms with Gasteiger partial charge in [-0.3, -0.25) is 9.89 Å². The molecule has 2 N–H and O–H groups in total. The number of anilines is 1. The number of benzene rings is 1. The summed E-state index contributed by atoms with van der Waals surface area (Å²) in [5.74, 6) is 0.381. The summed E-state index contributed by atoms with van der Waals surface area (Å²) in [5, 5.41) is 9.08. The number of nitrogens with one attached hydrogen (secondary N) is 2. The maximum Gasteiger partial charge on any atom is 0.258 e. The van der Waals surface area contributed by atoms with E-state index >= 15 is 0 Å². The number of amides is 1. The van der Waals surface area contributed by atoms with Crippen LogP contribution in [-0.4, -0.2) is 21.1 Å². The van der Waals surface area contributed by atoms with Crippen LogP contribution in [-0.2, 0) is 0 Å².